The Morgan fingerprint density at radius 2 is 1.90 bits per heavy atom. The maximum absolute atomic E-state index is 11.2. The van der Waals surface area contributed by atoms with Crippen molar-refractivity contribution in [2.24, 2.45) is 5.84 Å². The van der Waals surface area contributed by atoms with Crippen LogP contribution in [0.1, 0.15) is 10.5 Å². The van der Waals surface area contributed by atoms with Crippen LogP contribution >= 0.6 is 0 Å². The molecule has 0 saturated carbocycles. The molecule has 2 rings (SSSR count). The monoisotopic (exact) mass is 283 g/mol. The number of piperazine rings is 1. The van der Waals surface area contributed by atoms with E-state index in [0.717, 1.165) is 39.3 Å². The first-order valence-electron chi connectivity index (χ1n) is 6.69. The van der Waals surface area contributed by atoms with Crippen molar-refractivity contribution in [3.63, 3.8) is 0 Å². The number of aliphatic hydroxyl groups is 1. The molecule has 0 atom stereocenters. The van der Waals surface area contributed by atoms with Crippen LogP contribution in [0.3, 0.4) is 0 Å². The van der Waals surface area contributed by atoms with Crippen LogP contribution in [0.5, 0.6) is 0 Å². The van der Waals surface area contributed by atoms with Crippen LogP contribution in [0.4, 0.5) is 0 Å². The van der Waals surface area contributed by atoms with Crippen molar-refractivity contribution in [3.05, 3.63) is 11.9 Å². The highest BCUT2D eigenvalue weighted by molar-refractivity contribution is 5.91. The van der Waals surface area contributed by atoms with Crippen molar-refractivity contribution in [3.8, 4) is 0 Å². The molecule has 0 bridgehead atoms. The summed E-state index contributed by atoms with van der Waals surface area (Å²) in [5.74, 6) is 4.60. The predicted molar refractivity (Wildman–Crippen MR) is 71.6 cm³/mol. The van der Waals surface area contributed by atoms with Crippen LogP contribution in [0, 0.1) is 0 Å². The standard InChI is InChI=1S/C11H21N7O2/c12-13-11(20)10-9-18(15-14-10)6-5-16-1-3-17(4-2-16)7-8-19/h9,19H,1-8,12H2,(H,13,20). The quantitative estimate of drug-likeness (QED) is 0.300. The summed E-state index contributed by atoms with van der Waals surface area (Å²) in [6.45, 7) is 6.40. The van der Waals surface area contributed by atoms with Gasteiger partial charge in [0.05, 0.1) is 19.3 Å². The number of nitrogens with zero attached hydrogens (tertiary/aromatic N) is 5. The number of carbonyl (C=O) groups is 1. The number of hydrogen-bond donors (Lipinski definition) is 3. The second-order valence-electron chi connectivity index (χ2n) is 4.75. The Morgan fingerprint density at radius 1 is 1.25 bits per heavy atom. The van der Waals surface area contributed by atoms with Crippen LogP contribution in [0.15, 0.2) is 6.20 Å². The average molecular weight is 283 g/mol. The molecule has 1 saturated heterocycles. The fourth-order valence-corrected chi connectivity index (χ4v) is 2.21. The van der Waals surface area contributed by atoms with Crippen LogP contribution in [-0.2, 0) is 6.54 Å². The van der Waals surface area contributed by atoms with Gasteiger partial charge in [0, 0.05) is 39.3 Å². The van der Waals surface area contributed by atoms with Gasteiger partial charge in [-0.1, -0.05) is 5.21 Å². The first-order valence-corrected chi connectivity index (χ1v) is 6.69. The smallest absolute Gasteiger partial charge is 0.287 e. The molecule has 1 aliphatic heterocycles. The Balaban J connectivity index is 1.73. The maximum Gasteiger partial charge on any atom is 0.287 e. The summed E-state index contributed by atoms with van der Waals surface area (Å²) in [5.41, 5.74) is 2.25. The van der Waals surface area contributed by atoms with Gasteiger partial charge in [-0.2, -0.15) is 0 Å². The van der Waals surface area contributed by atoms with E-state index in [1.807, 2.05) is 5.43 Å². The zero-order chi connectivity index (χ0) is 14.4. The Labute approximate surface area is 117 Å². The molecule has 2 heterocycles. The molecule has 0 radical (unpaired) electrons. The highest BCUT2D eigenvalue weighted by Crippen LogP contribution is 2.01. The van der Waals surface area contributed by atoms with E-state index in [4.69, 9.17) is 10.9 Å². The van der Waals surface area contributed by atoms with Crippen LogP contribution in [-0.4, -0.2) is 81.7 Å². The Kier molecular flexibility index (Phi) is 5.41. The number of hydrazine groups is 1. The molecule has 112 valence electrons. The van der Waals surface area contributed by atoms with E-state index in [1.54, 1.807) is 10.9 Å². The van der Waals surface area contributed by atoms with E-state index in [2.05, 4.69) is 20.1 Å². The summed E-state index contributed by atoms with van der Waals surface area (Å²) in [7, 11) is 0. The van der Waals surface area contributed by atoms with Gasteiger partial charge in [0.15, 0.2) is 5.69 Å². The number of nitrogens with one attached hydrogen (secondary N) is 1. The summed E-state index contributed by atoms with van der Waals surface area (Å²) < 4.78 is 1.64. The normalized spacial score (nSPS) is 17.3. The topological polar surface area (TPSA) is 113 Å². The number of aromatic nitrogens is 3. The molecule has 0 unspecified atom stereocenters. The third-order valence-corrected chi connectivity index (χ3v) is 3.43. The zero-order valence-electron chi connectivity index (χ0n) is 11.4. The van der Waals surface area contributed by atoms with Gasteiger partial charge in [0.1, 0.15) is 0 Å². The van der Waals surface area contributed by atoms with Gasteiger partial charge in [-0.3, -0.25) is 24.7 Å². The molecule has 1 amide bonds. The Morgan fingerprint density at radius 3 is 2.50 bits per heavy atom. The van der Waals surface area contributed by atoms with Crippen molar-refractivity contribution in [1.82, 2.24) is 30.2 Å². The highest BCUT2D eigenvalue weighted by atomic mass is 16.3. The molecular formula is C11H21N7O2. The van der Waals surface area contributed by atoms with Crippen molar-refractivity contribution < 1.29 is 9.90 Å². The van der Waals surface area contributed by atoms with E-state index in [1.165, 1.54) is 0 Å². The molecule has 9 nitrogen and oxygen atoms in total. The number of nitrogens with two attached hydrogens (primary N) is 1. The number of hydrogen-bond acceptors (Lipinski definition) is 7. The average Bonchev–Trinajstić information content (AvgIpc) is 2.95. The lowest BCUT2D eigenvalue weighted by Gasteiger charge is -2.34. The van der Waals surface area contributed by atoms with Gasteiger partial charge in [-0.05, 0) is 0 Å². The van der Waals surface area contributed by atoms with Crippen LogP contribution < -0.4 is 11.3 Å². The second-order valence-corrected chi connectivity index (χ2v) is 4.75. The first-order chi connectivity index (χ1) is 9.72. The van der Waals surface area contributed by atoms with Gasteiger partial charge >= 0.3 is 0 Å². The molecule has 0 spiro atoms. The molecule has 20 heavy (non-hydrogen) atoms. The number of aliphatic hydroxyl groups excluding tert-OH is 1. The third kappa shape index (κ3) is 3.97. The molecule has 1 aromatic rings. The fraction of sp³-hybridized carbons (Fsp3) is 0.727. The minimum absolute atomic E-state index is 0.213. The van der Waals surface area contributed by atoms with E-state index in [-0.39, 0.29) is 12.3 Å². The lowest BCUT2D eigenvalue weighted by Crippen LogP contribution is -2.47. The molecule has 4 N–H and O–H groups in total. The first kappa shape index (κ1) is 14.9. The summed E-state index contributed by atoms with van der Waals surface area (Å²) in [5, 5.41) is 16.5. The molecular weight excluding hydrogens is 262 g/mol. The van der Waals surface area contributed by atoms with Crippen molar-refractivity contribution in [2.45, 2.75) is 6.54 Å². The Hall–Kier alpha value is -1.55. The van der Waals surface area contributed by atoms with Crippen LogP contribution in [0.2, 0.25) is 0 Å². The maximum atomic E-state index is 11.2. The summed E-state index contributed by atoms with van der Waals surface area (Å²) >= 11 is 0. The van der Waals surface area contributed by atoms with Crippen molar-refractivity contribution >= 4 is 5.91 Å². The molecule has 0 aromatic carbocycles. The third-order valence-electron chi connectivity index (χ3n) is 3.43. The molecule has 9 heteroatoms. The highest BCUT2D eigenvalue weighted by Gasteiger charge is 2.16. The fourth-order valence-electron chi connectivity index (χ4n) is 2.21. The van der Waals surface area contributed by atoms with Gasteiger partial charge in [-0.25, -0.2) is 5.84 Å². The van der Waals surface area contributed by atoms with Crippen molar-refractivity contribution in [1.29, 1.82) is 0 Å². The molecule has 0 aliphatic carbocycles. The number of carbonyl (C=O) groups excluding carboxylic acids is 1. The molecule has 1 aromatic heterocycles. The number of β-amino-alcohol motifs (C(OH)–C–C–N with tert-alkyl or cyclic N) is 1. The van der Waals surface area contributed by atoms with E-state index >= 15 is 0 Å². The van der Waals surface area contributed by atoms with E-state index in [9.17, 15) is 4.79 Å². The minimum Gasteiger partial charge on any atom is -0.395 e. The van der Waals surface area contributed by atoms with Crippen molar-refractivity contribution in [2.75, 3.05) is 45.9 Å². The lowest BCUT2D eigenvalue weighted by atomic mass is 10.3. The zero-order valence-corrected chi connectivity index (χ0v) is 11.4. The molecule has 1 fully saturated rings. The Bertz CT molecular complexity index is 428. The predicted octanol–water partition coefficient (Wildman–Crippen LogP) is -2.51. The van der Waals surface area contributed by atoms with E-state index in [0.29, 0.717) is 6.54 Å². The van der Waals surface area contributed by atoms with Gasteiger partial charge in [0.25, 0.3) is 5.91 Å². The molecule has 1 aliphatic rings. The number of rotatable bonds is 6. The minimum atomic E-state index is -0.436. The van der Waals surface area contributed by atoms with Gasteiger partial charge in [0.2, 0.25) is 0 Å². The van der Waals surface area contributed by atoms with Gasteiger partial charge < -0.3 is 5.11 Å². The number of nitrogen functional groups attached to an aromatic ring is 1. The summed E-state index contributed by atoms with van der Waals surface area (Å²) in [4.78, 5) is 15.8. The largest absolute Gasteiger partial charge is 0.395 e. The summed E-state index contributed by atoms with van der Waals surface area (Å²) in [6, 6.07) is 0. The lowest BCUT2D eigenvalue weighted by molar-refractivity contribution is 0.0948. The number of amides is 1. The van der Waals surface area contributed by atoms with Crippen LogP contribution in [0.25, 0.3) is 0 Å². The van der Waals surface area contributed by atoms with E-state index < -0.39 is 5.91 Å². The van der Waals surface area contributed by atoms with Gasteiger partial charge in [-0.15, -0.1) is 5.10 Å². The second kappa shape index (κ2) is 7.29. The SMILES string of the molecule is NNC(=O)c1cn(CCN2CCN(CCO)CC2)nn1. The summed E-state index contributed by atoms with van der Waals surface area (Å²) in [6.07, 6.45) is 1.59.